The monoisotopic (exact) mass is 1160 g/mol. The first-order valence-electron chi connectivity index (χ1n) is 17.1. The number of fused-ring (bicyclic) bond motifs is 5. The van der Waals surface area contributed by atoms with Gasteiger partial charge in [-0.2, -0.15) is 0 Å². The maximum absolute atomic E-state index is 14.6. The smallest absolute Gasteiger partial charge is 0.338 e. The Morgan fingerprint density at radius 1 is 0.925 bits per heavy atom. The maximum atomic E-state index is 14.6. The van der Waals surface area contributed by atoms with Crippen molar-refractivity contribution in [3.05, 3.63) is 82.9 Å². The Balaban J connectivity index is 0.00000314. The van der Waals surface area contributed by atoms with Crippen LogP contribution < -0.4 is 5.32 Å². The van der Waals surface area contributed by atoms with Gasteiger partial charge in [-0.05, 0) is 56.2 Å². The third kappa shape index (κ3) is 7.33. The number of rotatable bonds is 7. The van der Waals surface area contributed by atoms with Crippen molar-refractivity contribution in [3.63, 3.8) is 0 Å². The molecule has 15 heteroatoms. The largest absolute Gasteiger partial charge is 0.456 e. The minimum absolute atomic E-state index is 0. The number of nitrogens with one attached hydrogen (secondary N) is 1. The van der Waals surface area contributed by atoms with E-state index in [0.29, 0.717) is 5.56 Å². The summed E-state index contributed by atoms with van der Waals surface area (Å²) in [6, 6.07) is 15.0. The fourth-order valence-corrected chi connectivity index (χ4v) is 8.75. The minimum Gasteiger partial charge on any atom is -0.456 e. The number of hydrogen-bond acceptors (Lipinski definition) is 12. The van der Waals surface area contributed by atoms with Crippen LogP contribution >= 0.6 is 0 Å². The predicted molar refractivity (Wildman–Crippen MR) is 179 cm³/mol. The number of amides is 1. The molecule has 3 fully saturated rings. The molecule has 2 aromatic rings. The van der Waals surface area contributed by atoms with Gasteiger partial charge in [0.25, 0.3) is 5.91 Å². The Bertz CT molecular complexity index is 1760. The summed E-state index contributed by atoms with van der Waals surface area (Å²) in [5.41, 5.74) is -7.06. The Hall–Kier alpha value is -1.10. The Kier molecular flexibility index (Phi) is 13.8. The molecule has 2 bridgehead atoms. The van der Waals surface area contributed by atoms with E-state index in [-0.39, 0.29) is 118 Å². The number of ketones is 1. The van der Waals surface area contributed by atoms with Gasteiger partial charge < -0.3 is 45.1 Å². The molecule has 2 aromatic carbocycles. The van der Waals surface area contributed by atoms with E-state index in [0.717, 1.165) is 0 Å². The minimum atomic E-state index is -2.27. The number of esters is 2. The molecule has 1 saturated heterocycles. The number of ether oxygens (including phenoxy) is 3. The van der Waals surface area contributed by atoms with Crippen molar-refractivity contribution in [2.75, 3.05) is 6.61 Å². The van der Waals surface area contributed by atoms with Gasteiger partial charge in [0.05, 0.1) is 35.8 Å². The molecule has 11 atom stereocenters. The molecule has 2 radical (unpaired) electrons. The summed E-state index contributed by atoms with van der Waals surface area (Å²) >= 11 is 0. The van der Waals surface area contributed by atoms with Crippen LogP contribution in [0.3, 0.4) is 0 Å². The topological polar surface area (TPSA) is 209 Å². The van der Waals surface area contributed by atoms with Crippen molar-refractivity contribution in [2.24, 2.45) is 16.7 Å². The van der Waals surface area contributed by atoms with Gasteiger partial charge in [0.15, 0.2) is 11.9 Å². The second-order valence-electron chi connectivity index (χ2n) is 15.1. The van der Waals surface area contributed by atoms with Crippen LogP contribution in [0.15, 0.2) is 71.8 Å². The Morgan fingerprint density at radius 2 is 1.49 bits per heavy atom. The van der Waals surface area contributed by atoms with Crippen molar-refractivity contribution in [1.29, 1.82) is 0 Å². The van der Waals surface area contributed by atoms with Gasteiger partial charge in [-0.15, -0.1) is 0 Å². The van der Waals surface area contributed by atoms with Crippen LogP contribution in [0.1, 0.15) is 68.2 Å². The summed E-state index contributed by atoms with van der Waals surface area (Å²) in [5.74, 6) is -4.97. The molecule has 280 valence electrons. The summed E-state index contributed by atoms with van der Waals surface area (Å²) in [4.78, 5) is 54.6. The summed E-state index contributed by atoms with van der Waals surface area (Å²) in [5, 5.41) is 62.3. The number of carbonyl (C=O) groups excluding carboxylic acids is 4. The normalized spacial score (nSPS) is 35.2. The van der Waals surface area contributed by atoms with Crippen LogP contribution in [0, 0.1) is 105 Å². The molecule has 1 amide bonds. The standard InChI is InChI=1S/C38H45NO12.2Ac/c1-19-23(50-34(46)27(41)20(2)39-32(44)21-12-8-6-9-13-21)17-38(48)31(51-33(45)22-14-10-7-11-15-22)29-36(5,24(40)16-25-37(29,47)18-49-25)30(43)28(42)26(19)35(38,3)4;;/h6-15,20,23-25,27-29,31,40-42,47-48H,16-18H2,1-5H3,(H,39,44);;/t20?,23?,24?,25?,27?,28?,29?,31?,36-,37+,38?;;/m1../s1. The zero-order chi connectivity index (χ0) is 37.3. The van der Waals surface area contributed by atoms with Crippen molar-refractivity contribution in [3.8, 4) is 0 Å². The first-order chi connectivity index (χ1) is 23.9. The fourth-order valence-electron chi connectivity index (χ4n) is 8.75. The SMILES string of the molecule is CC1=C2C(O)C(=O)[C@]3(C)C(O)CC4OC[C@@]4(O)C3C(OC(=O)c3ccccc3)C(O)(CC1OC(=O)C(O)C(C)NC(=O)c1ccccc1)C2(C)C.[Ac].[Ac]. The first kappa shape index (κ1) is 44.6. The molecule has 0 aromatic heterocycles. The molecular formula is C38H45Ac2NO12. The van der Waals surface area contributed by atoms with Crippen LogP contribution in [-0.4, -0.2) is 110 Å². The molecule has 13 nitrogen and oxygen atoms in total. The summed E-state index contributed by atoms with van der Waals surface area (Å²) in [6.07, 6.45) is -9.99. The van der Waals surface area contributed by atoms with E-state index in [1.165, 1.54) is 32.9 Å². The fraction of sp³-hybridized carbons (Fsp3) is 0.526. The van der Waals surface area contributed by atoms with Crippen LogP contribution in [0.5, 0.6) is 0 Å². The van der Waals surface area contributed by atoms with Gasteiger partial charge >= 0.3 is 11.9 Å². The number of carbonyl (C=O) groups is 4. The molecular weight excluding hydrogens is 1120 g/mol. The van der Waals surface area contributed by atoms with Crippen molar-refractivity contribution < 1.29 is 147 Å². The average Bonchev–Trinajstić information content (AvgIpc) is 3.10. The van der Waals surface area contributed by atoms with Crippen molar-refractivity contribution in [2.45, 2.75) is 101 Å². The molecule has 3 aliphatic carbocycles. The quantitative estimate of drug-likeness (QED) is 0.171. The van der Waals surface area contributed by atoms with Crippen LogP contribution in [0.4, 0.5) is 0 Å². The number of hydrogen-bond donors (Lipinski definition) is 6. The zero-order valence-electron chi connectivity index (χ0n) is 30.3. The summed E-state index contributed by atoms with van der Waals surface area (Å²) in [7, 11) is 0. The zero-order valence-corrected chi connectivity index (χ0v) is 39.8. The van der Waals surface area contributed by atoms with E-state index in [4.69, 9.17) is 14.2 Å². The van der Waals surface area contributed by atoms with Gasteiger partial charge in [-0.1, -0.05) is 50.2 Å². The maximum Gasteiger partial charge on any atom is 0.338 e. The van der Waals surface area contributed by atoms with Crippen LogP contribution in [0.2, 0.25) is 0 Å². The van der Waals surface area contributed by atoms with Gasteiger partial charge in [-0.25, -0.2) is 9.59 Å². The van der Waals surface area contributed by atoms with E-state index in [2.05, 4.69) is 5.32 Å². The number of benzene rings is 2. The van der Waals surface area contributed by atoms with E-state index >= 15 is 0 Å². The number of Topliss-reactive ketones (excluding diaryl/α,β-unsaturated/α-hetero) is 1. The van der Waals surface area contributed by atoms with Crippen LogP contribution in [0.25, 0.3) is 0 Å². The van der Waals surface area contributed by atoms with E-state index < -0.39 is 101 Å². The van der Waals surface area contributed by atoms with E-state index in [1.807, 2.05) is 0 Å². The van der Waals surface area contributed by atoms with Crippen LogP contribution in [-0.2, 0) is 23.8 Å². The van der Waals surface area contributed by atoms with Gasteiger partial charge in [0.2, 0.25) is 0 Å². The second-order valence-corrected chi connectivity index (χ2v) is 15.1. The van der Waals surface area contributed by atoms with Gasteiger partial charge in [-0.3, -0.25) is 9.59 Å². The number of aliphatic hydroxyl groups excluding tert-OH is 3. The molecule has 1 heterocycles. The number of aliphatic hydroxyl groups is 5. The Morgan fingerprint density at radius 3 is 2.04 bits per heavy atom. The summed E-state index contributed by atoms with van der Waals surface area (Å²) in [6.45, 7) is 7.12. The Labute approximate surface area is 379 Å². The second kappa shape index (κ2) is 16.4. The molecule has 6 rings (SSSR count). The van der Waals surface area contributed by atoms with Gasteiger partial charge in [0.1, 0.15) is 29.5 Å². The van der Waals surface area contributed by atoms with Crippen molar-refractivity contribution in [1.82, 2.24) is 5.32 Å². The van der Waals surface area contributed by atoms with E-state index in [1.54, 1.807) is 62.4 Å². The molecule has 9 unspecified atom stereocenters. The van der Waals surface area contributed by atoms with Crippen molar-refractivity contribution >= 4 is 23.6 Å². The third-order valence-electron chi connectivity index (χ3n) is 12.0. The van der Waals surface area contributed by atoms with E-state index in [9.17, 15) is 44.7 Å². The molecule has 6 N–H and O–H groups in total. The third-order valence-corrected chi connectivity index (χ3v) is 12.0. The average molecular weight is 1160 g/mol. The molecule has 4 aliphatic rings. The molecule has 1 aliphatic heterocycles. The molecule has 0 spiro atoms. The predicted octanol–water partition coefficient (Wildman–Crippen LogP) is 1.24. The van der Waals surface area contributed by atoms with Gasteiger partial charge in [0, 0.05) is 118 Å². The molecule has 53 heavy (non-hydrogen) atoms. The first-order valence-corrected chi connectivity index (χ1v) is 17.1. The molecule has 2 saturated carbocycles. The summed E-state index contributed by atoms with van der Waals surface area (Å²) < 4.78 is 17.6.